The van der Waals surface area contributed by atoms with Crippen molar-refractivity contribution in [3.63, 3.8) is 0 Å². The third-order valence-corrected chi connectivity index (χ3v) is 1.72. The molecule has 0 amide bonds. The molecule has 5 heteroatoms. The van der Waals surface area contributed by atoms with Crippen LogP contribution >= 0.6 is 11.6 Å². The number of nitrogen functional groups attached to an aromatic ring is 1. The standard InChI is InChI=1S/C7H7ClN2O2/c1-3-5(9)2-4(7(11)12)6(8)10-3/h2H,9H2,1H3,(H,11,12). The number of anilines is 1. The van der Waals surface area contributed by atoms with Gasteiger partial charge in [-0.25, -0.2) is 9.78 Å². The van der Waals surface area contributed by atoms with Crippen molar-refractivity contribution in [3.8, 4) is 0 Å². The number of nitrogens with two attached hydrogens (primary N) is 1. The topological polar surface area (TPSA) is 76.2 Å². The summed E-state index contributed by atoms with van der Waals surface area (Å²) in [4.78, 5) is 14.3. The zero-order valence-corrected chi connectivity index (χ0v) is 7.09. The molecule has 0 aromatic carbocycles. The van der Waals surface area contributed by atoms with E-state index in [-0.39, 0.29) is 10.7 Å². The number of nitrogens with zero attached hydrogens (tertiary/aromatic N) is 1. The highest BCUT2D eigenvalue weighted by Crippen LogP contribution is 2.18. The summed E-state index contributed by atoms with van der Waals surface area (Å²) in [6, 6.07) is 1.30. The Morgan fingerprint density at radius 3 is 2.83 bits per heavy atom. The Labute approximate surface area is 74.0 Å². The van der Waals surface area contributed by atoms with Gasteiger partial charge in [0.15, 0.2) is 0 Å². The molecular formula is C7H7ClN2O2. The number of carboxylic acid groups (broad SMARTS) is 1. The third kappa shape index (κ3) is 1.48. The molecule has 0 aliphatic carbocycles. The molecule has 64 valence electrons. The van der Waals surface area contributed by atoms with Crippen LogP contribution in [0.4, 0.5) is 5.69 Å². The van der Waals surface area contributed by atoms with E-state index in [0.29, 0.717) is 11.4 Å². The predicted molar refractivity (Wildman–Crippen MR) is 45.4 cm³/mol. The van der Waals surface area contributed by atoms with Crippen molar-refractivity contribution in [1.29, 1.82) is 0 Å². The van der Waals surface area contributed by atoms with Crippen molar-refractivity contribution < 1.29 is 9.90 Å². The lowest BCUT2D eigenvalue weighted by Crippen LogP contribution is -2.03. The van der Waals surface area contributed by atoms with E-state index in [2.05, 4.69) is 4.98 Å². The number of pyridine rings is 1. The number of carboxylic acids is 1. The van der Waals surface area contributed by atoms with Gasteiger partial charge < -0.3 is 10.8 Å². The molecule has 0 unspecified atom stereocenters. The highest BCUT2D eigenvalue weighted by Gasteiger charge is 2.11. The minimum atomic E-state index is -1.13. The highest BCUT2D eigenvalue weighted by molar-refractivity contribution is 6.32. The summed E-state index contributed by atoms with van der Waals surface area (Å²) >= 11 is 5.55. The minimum Gasteiger partial charge on any atom is -0.478 e. The molecule has 0 aliphatic heterocycles. The van der Waals surface area contributed by atoms with Crippen LogP contribution in [0.2, 0.25) is 5.15 Å². The van der Waals surface area contributed by atoms with Crippen molar-refractivity contribution in [2.45, 2.75) is 6.92 Å². The molecule has 0 saturated carbocycles. The maximum Gasteiger partial charge on any atom is 0.338 e. The SMILES string of the molecule is Cc1nc(Cl)c(C(=O)O)cc1N. The number of rotatable bonds is 1. The summed E-state index contributed by atoms with van der Waals surface area (Å²) in [5.41, 5.74) is 6.24. The van der Waals surface area contributed by atoms with Gasteiger partial charge in [0.1, 0.15) is 5.15 Å². The second-order valence-electron chi connectivity index (χ2n) is 2.31. The van der Waals surface area contributed by atoms with Gasteiger partial charge in [-0.3, -0.25) is 0 Å². The highest BCUT2D eigenvalue weighted by atomic mass is 35.5. The van der Waals surface area contributed by atoms with Crippen molar-refractivity contribution in [3.05, 3.63) is 22.5 Å². The average molecular weight is 187 g/mol. The normalized spacial score (nSPS) is 9.83. The van der Waals surface area contributed by atoms with E-state index in [1.54, 1.807) is 6.92 Å². The summed E-state index contributed by atoms with van der Waals surface area (Å²) in [5, 5.41) is 8.57. The molecule has 0 fully saturated rings. The fraction of sp³-hybridized carbons (Fsp3) is 0.143. The number of aryl methyl sites for hydroxylation is 1. The van der Waals surface area contributed by atoms with Crippen LogP contribution in [0, 0.1) is 6.92 Å². The molecular weight excluding hydrogens is 180 g/mol. The molecule has 3 N–H and O–H groups in total. The average Bonchev–Trinajstić information content (AvgIpc) is 1.96. The summed E-state index contributed by atoms with van der Waals surface area (Å²) in [6.45, 7) is 1.66. The molecule has 1 aromatic rings. The number of hydrogen-bond acceptors (Lipinski definition) is 3. The summed E-state index contributed by atoms with van der Waals surface area (Å²) < 4.78 is 0. The van der Waals surface area contributed by atoms with Gasteiger partial charge in [-0.05, 0) is 13.0 Å². The quantitative estimate of drug-likeness (QED) is 0.649. The first-order chi connectivity index (χ1) is 5.52. The fourth-order valence-corrected chi connectivity index (χ4v) is 1.00. The molecule has 12 heavy (non-hydrogen) atoms. The monoisotopic (exact) mass is 186 g/mol. The molecule has 1 heterocycles. The fourth-order valence-electron chi connectivity index (χ4n) is 0.741. The Kier molecular flexibility index (Phi) is 2.19. The Bertz CT molecular complexity index is 338. The number of hydrogen-bond donors (Lipinski definition) is 2. The molecule has 0 bridgehead atoms. The number of carbonyl (C=O) groups is 1. The summed E-state index contributed by atoms with van der Waals surface area (Å²) in [7, 11) is 0. The Balaban J connectivity index is 3.33. The minimum absolute atomic E-state index is 0.0331. The van der Waals surface area contributed by atoms with Gasteiger partial charge in [0.2, 0.25) is 0 Å². The van der Waals surface area contributed by atoms with E-state index in [0.717, 1.165) is 0 Å². The molecule has 0 saturated heterocycles. The van der Waals surface area contributed by atoms with Gasteiger partial charge in [0, 0.05) is 0 Å². The first kappa shape index (κ1) is 8.80. The van der Waals surface area contributed by atoms with E-state index in [1.165, 1.54) is 6.07 Å². The lowest BCUT2D eigenvalue weighted by Gasteiger charge is -2.02. The Morgan fingerprint density at radius 2 is 2.33 bits per heavy atom. The van der Waals surface area contributed by atoms with E-state index >= 15 is 0 Å². The third-order valence-electron chi connectivity index (χ3n) is 1.44. The second-order valence-corrected chi connectivity index (χ2v) is 2.66. The van der Waals surface area contributed by atoms with Crippen LogP contribution in [-0.2, 0) is 0 Å². The Hall–Kier alpha value is -1.29. The zero-order valence-electron chi connectivity index (χ0n) is 6.34. The molecule has 4 nitrogen and oxygen atoms in total. The first-order valence-corrected chi connectivity index (χ1v) is 3.56. The summed E-state index contributed by atoms with van der Waals surface area (Å²) in [6.07, 6.45) is 0. The lowest BCUT2D eigenvalue weighted by molar-refractivity contribution is 0.0696. The van der Waals surface area contributed by atoms with Crippen LogP contribution in [0.5, 0.6) is 0 Å². The first-order valence-electron chi connectivity index (χ1n) is 3.18. The largest absolute Gasteiger partial charge is 0.478 e. The van der Waals surface area contributed by atoms with Gasteiger partial charge in [-0.15, -0.1) is 0 Å². The number of aromatic nitrogens is 1. The van der Waals surface area contributed by atoms with Gasteiger partial charge in [-0.1, -0.05) is 11.6 Å². The molecule has 0 radical (unpaired) electrons. The predicted octanol–water partition coefficient (Wildman–Crippen LogP) is 1.32. The smallest absolute Gasteiger partial charge is 0.338 e. The van der Waals surface area contributed by atoms with Gasteiger partial charge in [0.25, 0.3) is 0 Å². The van der Waals surface area contributed by atoms with Crippen molar-refractivity contribution in [2.24, 2.45) is 0 Å². The van der Waals surface area contributed by atoms with E-state index in [1.807, 2.05) is 0 Å². The van der Waals surface area contributed by atoms with Gasteiger partial charge >= 0.3 is 5.97 Å². The molecule has 1 aromatic heterocycles. The van der Waals surface area contributed by atoms with Crippen molar-refractivity contribution in [1.82, 2.24) is 4.98 Å². The van der Waals surface area contributed by atoms with E-state index in [9.17, 15) is 4.79 Å². The van der Waals surface area contributed by atoms with Crippen LogP contribution in [0.25, 0.3) is 0 Å². The maximum absolute atomic E-state index is 10.5. The van der Waals surface area contributed by atoms with Crippen molar-refractivity contribution in [2.75, 3.05) is 5.73 Å². The molecule has 0 spiro atoms. The van der Waals surface area contributed by atoms with E-state index < -0.39 is 5.97 Å². The molecule has 0 atom stereocenters. The number of aromatic carboxylic acids is 1. The van der Waals surface area contributed by atoms with Gasteiger partial charge in [0.05, 0.1) is 16.9 Å². The van der Waals surface area contributed by atoms with Crippen LogP contribution in [-0.4, -0.2) is 16.1 Å². The van der Waals surface area contributed by atoms with Crippen LogP contribution in [0.15, 0.2) is 6.07 Å². The van der Waals surface area contributed by atoms with Crippen LogP contribution in [0.3, 0.4) is 0 Å². The van der Waals surface area contributed by atoms with Crippen LogP contribution < -0.4 is 5.73 Å². The second kappa shape index (κ2) is 2.98. The number of halogens is 1. The lowest BCUT2D eigenvalue weighted by atomic mass is 10.2. The van der Waals surface area contributed by atoms with E-state index in [4.69, 9.17) is 22.4 Å². The summed E-state index contributed by atoms with van der Waals surface area (Å²) in [5.74, 6) is -1.13. The van der Waals surface area contributed by atoms with Gasteiger partial charge in [-0.2, -0.15) is 0 Å². The van der Waals surface area contributed by atoms with Crippen LogP contribution in [0.1, 0.15) is 16.1 Å². The van der Waals surface area contributed by atoms with Crippen molar-refractivity contribution >= 4 is 23.3 Å². The molecule has 0 aliphatic rings. The zero-order chi connectivity index (χ0) is 9.30. The Morgan fingerprint density at radius 1 is 1.75 bits per heavy atom. The molecule has 1 rings (SSSR count). The maximum atomic E-state index is 10.5.